The predicted octanol–water partition coefficient (Wildman–Crippen LogP) is 2.36. The zero-order chi connectivity index (χ0) is 14.4. The van der Waals surface area contributed by atoms with Crippen molar-refractivity contribution >= 4 is 11.9 Å². The minimum Gasteiger partial charge on any atom is -0.478 e. The summed E-state index contributed by atoms with van der Waals surface area (Å²) in [5.74, 6) is -2.20. The van der Waals surface area contributed by atoms with Crippen molar-refractivity contribution in [2.24, 2.45) is 0 Å². The fourth-order valence-corrected chi connectivity index (χ4v) is 1.94. The Balaban J connectivity index is 2.99. The zero-order valence-electron chi connectivity index (χ0n) is 11.1. The third kappa shape index (κ3) is 4.06. The van der Waals surface area contributed by atoms with Crippen molar-refractivity contribution in [3.05, 3.63) is 34.4 Å². The van der Waals surface area contributed by atoms with Gasteiger partial charge in [-0.3, -0.25) is 0 Å². The first kappa shape index (κ1) is 15.2. The number of ether oxygens (including phenoxy) is 1. The van der Waals surface area contributed by atoms with Crippen LogP contribution in [0.2, 0.25) is 0 Å². The van der Waals surface area contributed by atoms with Gasteiger partial charge in [0.25, 0.3) is 0 Å². The van der Waals surface area contributed by atoms with Crippen molar-refractivity contribution in [2.45, 2.75) is 26.2 Å². The van der Waals surface area contributed by atoms with Gasteiger partial charge in [-0.2, -0.15) is 0 Å². The Bertz CT molecular complexity index is 444. The normalized spacial score (nSPS) is 10.4. The summed E-state index contributed by atoms with van der Waals surface area (Å²) < 4.78 is 4.93. The first-order chi connectivity index (χ1) is 8.97. The van der Waals surface area contributed by atoms with Crippen molar-refractivity contribution in [3.8, 4) is 0 Å². The maximum atomic E-state index is 11.1. The van der Waals surface area contributed by atoms with Crippen LogP contribution in [-0.2, 0) is 11.2 Å². The smallest absolute Gasteiger partial charge is 0.335 e. The number of hydrogen-bond donors (Lipinski definition) is 2. The minimum atomic E-state index is -1.10. The van der Waals surface area contributed by atoms with Crippen LogP contribution in [0.15, 0.2) is 12.1 Å². The van der Waals surface area contributed by atoms with Crippen LogP contribution < -0.4 is 0 Å². The maximum absolute atomic E-state index is 11.1. The number of hydrogen-bond acceptors (Lipinski definition) is 3. The summed E-state index contributed by atoms with van der Waals surface area (Å²) in [5.41, 5.74) is 1.14. The predicted molar refractivity (Wildman–Crippen MR) is 69.9 cm³/mol. The molecule has 1 rings (SSSR count). The van der Waals surface area contributed by atoms with E-state index in [2.05, 4.69) is 0 Å². The molecule has 5 nitrogen and oxygen atoms in total. The number of carboxylic acid groups (broad SMARTS) is 2. The van der Waals surface area contributed by atoms with E-state index in [0.29, 0.717) is 18.6 Å². The average molecular weight is 266 g/mol. The molecule has 0 atom stereocenters. The molecule has 0 unspecified atom stereocenters. The molecule has 0 saturated heterocycles. The van der Waals surface area contributed by atoms with Crippen molar-refractivity contribution in [2.75, 3.05) is 13.7 Å². The second-order valence-electron chi connectivity index (χ2n) is 4.38. The van der Waals surface area contributed by atoms with Gasteiger partial charge < -0.3 is 14.9 Å². The first-order valence-electron chi connectivity index (χ1n) is 6.06. The van der Waals surface area contributed by atoms with Crippen LogP contribution in [0.5, 0.6) is 0 Å². The molecule has 0 aromatic heterocycles. The Kier molecular flexibility index (Phi) is 5.51. The molecule has 0 amide bonds. The van der Waals surface area contributed by atoms with Crippen LogP contribution in [0.1, 0.15) is 44.7 Å². The van der Waals surface area contributed by atoms with Gasteiger partial charge in [-0.15, -0.1) is 0 Å². The number of methoxy groups -OCH3 is 1. The molecule has 0 radical (unpaired) electrons. The van der Waals surface area contributed by atoms with Gasteiger partial charge in [0, 0.05) is 13.7 Å². The summed E-state index contributed by atoms with van der Waals surface area (Å²) >= 11 is 0. The van der Waals surface area contributed by atoms with Gasteiger partial charge in [-0.1, -0.05) is 0 Å². The van der Waals surface area contributed by atoms with E-state index in [-0.39, 0.29) is 11.1 Å². The number of carbonyl (C=O) groups is 2. The molecule has 0 aliphatic rings. The molecule has 0 heterocycles. The lowest BCUT2D eigenvalue weighted by atomic mass is 9.96. The number of rotatable bonds is 7. The summed E-state index contributed by atoms with van der Waals surface area (Å²) in [6.45, 7) is 2.16. The highest BCUT2D eigenvalue weighted by atomic mass is 16.5. The number of benzene rings is 1. The minimum absolute atomic E-state index is 0.0571. The molecule has 0 aliphatic heterocycles. The van der Waals surface area contributed by atoms with Gasteiger partial charge in [0.15, 0.2) is 0 Å². The molecule has 0 fully saturated rings. The first-order valence-corrected chi connectivity index (χ1v) is 6.06. The average Bonchev–Trinajstić information content (AvgIpc) is 2.35. The Morgan fingerprint density at radius 1 is 1.11 bits per heavy atom. The zero-order valence-corrected chi connectivity index (χ0v) is 11.1. The van der Waals surface area contributed by atoms with E-state index in [0.717, 1.165) is 18.4 Å². The summed E-state index contributed by atoms with van der Waals surface area (Å²) in [7, 11) is 1.62. The van der Waals surface area contributed by atoms with Gasteiger partial charge in [0.05, 0.1) is 11.1 Å². The van der Waals surface area contributed by atoms with E-state index >= 15 is 0 Å². The molecule has 0 spiro atoms. The lowest BCUT2D eigenvalue weighted by Crippen LogP contribution is -2.09. The number of unbranched alkanes of at least 4 members (excludes halogenated alkanes) is 1. The van der Waals surface area contributed by atoms with Gasteiger partial charge >= 0.3 is 11.9 Å². The standard InChI is InChI=1S/C14H18O5/c1-9-11(13(15)16)7-10(5-3-4-6-19-2)8-12(9)14(17)18/h7-8H,3-6H2,1-2H3,(H,15,16)(H,17,18). The number of aromatic carboxylic acids is 2. The van der Waals surface area contributed by atoms with Gasteiger partial charge in [-0.05, 0) is 49.4 Å². The van der Waals surface area contributed by atoms with Crippen molar-refractivity contribution in [1.82, 2.24) is 0 Å². The van der Waals surface area contributed by atoms with E-state index in [1.165, 1.54) is 6.92 Å². The molecule has 1 aromatic carbocycles. The van der Waals surface area contributed by atoms with Crippen LogP contribution >= 0.6 is 0 Å². The fraction of sp³-hybridized carbons (Fsp3) is 0.429. The largest absolute Gasteiger partial charge is 0.478 e. The van der Waals surface area contributed by atoms with Crippen LogP contribution in [0.3, 0.4) is 0 Å². The summed E-state index contributed by atoms with van der Waals surface area (Å²) in [5, 5.41) is 18.2. The molecular weight excluding hydrogens is 248 g/mol. The molecule has 104 valence electrons. The van der Waals surface area contributed by atoms with E-state index in [1.54, 1.807) is 19.2 Å². The molecule has 5 heteroatoms. The van der Waals surface area contributed by atoms with Gasteiger partial charge in [0.1, 0.15) is 0 Å². The molecule has 0 saturated carbocycles. The maximum Gasteiger partial charge on any atom is 0.335 e. The van der Waals surface area contributed by atoms with Gasteiger partial charge in [-0.25, -0.2) is 9.59 Å². The van der Waals surface area contributed by atoms with Crippen molar-refractivity contribution < 1.29 is 24.5 Å². The fourth-order valence-electron chi connectivity index (χ4n) is 1.94. The van der Waals surface area contributed by atoms with Crippen LogP contribution in [0.4, 0.5) is 0 Å². The van der Waals surface area contributed by atoms with Crippen molar-refractivity contribution in [3.63, 3.8) is 0 Å². The van der Waals surface area contributed by atoms with Crippen LogP contribution in [0, 0.1) is 6.92 Å². The third-order valence-electron chi connectivity index (χ3n) is 2.99. The lowest BCUT2D eigenvalue weighted by Gasteiger charge is -2.09. The summed E-state index contributed by atoms with van der Waals surface area (Å²) in [6, 6.07) is 3.10. The highest BCUT2D eigenvalue weighted by molar-refractivity contribution is 5.96. The SMILES string of the molecule is COCCCCc1cc(C(=O)O)c(C)c(C(=O)O)c1. The molecule has 0 bridgehead atoms. The molecule has 0 aliphatic carbocycles. The summed E-state index contributed by atoms with van der Waals surface area (Å²) in [4.78, 5) is 22.2. The second kappa shape index (κ2) is 6.89. The number of aryl methyl sites for hydroxylation is 1. The topological polar surface area (TPSA) is 83.8 Å². The van der Waals surface area contributed by atoms with Crippen molar-refractivity contribution in [1.29, 1.82) is 0 Å². The van der Waals surface area contributed by atoms with Crippen LogP contribution in [-0.4, -0.2) is 35.9 Å². The highest BCUT2D eigenvalue weighted by Gasteiger charge is 2.16. The summed E-state index contributed by atoms with van der Waals surface area (Å²) in [6.07, 6.45) is 2.33. The Morgan fingerprint density at radius 3 is 2.05 bits per heavy atom. The Labute approximate surface area is 111 Å². The Hall–Kier alpha value is -1.88. The van der Waals surface area contributed by atoms with E-state index in [1.807, 2.05) is 0 Å². The van der Waals surface area contributed by atoms with E-state index in [4.69, 9.17) is 14.9 Å². The molecule has 19 heavy (non-hydrogen) atoms. The number of carboxylic acids is 2. The van der Waals surface area contributed by atoms with Gasteiger partial charge in [0.2, 0.25) is 0 Å². The molecule has 1 aromatic rings. The second-order valence-corrected chi connectivity index (χ2v) is 4.38. The van der Waals surface area contributed by atoms with Crippen LogP contribution in [0.25, 0.3) is 0 Å². The molecular formula is C14H18O5. The third-order valence-corrected chi connectivity index (χ3v) is 2.99. The van der Waals surface area contributed by atoms with E-state index in [9.17, 15) is 9.59 Å². The highest BCUT2D eigenvalue weighted by Crippen LogP contribution is 2.19. The molecule has 2 N–H and O–H groups in total. The monoisotopic (exact) mass is 266 g/mol. The van der Waals surface area contributed by atoms with E-state index < -0.39 is 11.9 Å². The Morgan fingerprint density at radius 2 is 1.63 bits per heavy atom. The quantitative estimate of drug-likeness (QED) is 0.740. The lowest BCUT2D eigenvalue weighted by molar-refractivity contribution is 0.0696.